The van der Waals surface area contributed by atoms with E-state index < -0.39 is 5.91 Å². The first-order valence-corrected chi connectivity index (χ1v) is 6.34. The van der Waals surface area contributed by atoms with Gasteiger partial charge in [-0.3, -0.25) is 9.69 Å². The zero-order valence-corrected chi connectivity index (χ0v) is 11.4. The van der Waals surface area contributed by atoms with E-state index in [0.717, 1.165) is 25.2 Å². The van der Waals surface area contributed by atoms with Crippen molar-refractivity contribution in [2.75, 3.05) is 18.8 Å². The summed E-state index contributed by atoms with van der Waals surface area (Å²) in [6.07, 6.45) is 0. The van der Waals surface area contributed by atoms with Gasteiger partial charge in [0.15, 0.2) is 0 Å². The lowest BCUT2D eigenvalue weighted by molar-refractivity contribution is 0.100. The third kappa shape index (κ3) is 4.04. The minimum Gasteiger partial charge on any atom is -0.398 e. The van der Waals surface area contributed by atoms with E-state index >= 15 is 0 Å². The Hall–Kier alpha value is -1.55. The van der Waals surface area contributed by atoms with Crippen molar-refractivity contribution in [1.29, 1.82) is 0 Å². The molecule has 0 aliphatic heterocycles. The minimum atomic E-state index is -0.442. The standard InChI is InChI=1S/C14H23N3O/c1-4-17(8-10(2)3)9-12-6-5-11(14(16)18)7-13(12)15/h5-7,10H,4,8-9,15H2,1-3H3,(H2,16,18). The monoisotopic (exact) mass is 249 g/mol. The van der Waals surface area contributed by atoms with E-state index in [-0.39, 0.29) is 0 Å². The number of anilines is 1. The molecule has 0 aliphatic rings. The van der Waals surface area contributed by atoms with Crippen LogP contribution in [0.4, 0.5) is 5.69 Å². The quantitative estimate of drug-likeness (QED) is 0.756. The molecule has 1 amide bonds. The van der Waals surface area contributed by atoms with Crippen molar-refractivity contribution >= 4 is 11.6 Å². The van der Waals surface area contributed by atoms with Gasteiger partial charge in [-0.2, -0.15) is 0 Å². The summed E-state index contributed by atoms with van der Waals surface area (Å²) in [5.41, 5.74) is 13.3. The summed E-state index contributed by atoms with van der Waals surface area (Å²) in [6, 6.07) is 5.27. The molecule has 0 aliphatic carbocycles. The highest BCUT2D eigenvalue weighted by atomic mass is 16.1. The average Bonchev–Trinajstić information content (AvgIpc) is 2.29. The highest BCUT2D eigenvalue weighted by molar-refractivity contribution is 5.93. The number of carbonyl (C=O) groups is 1. The summed E-state index contributed by atoms with van der Waals surface area (Å²) in [6.45, 7) is 9.35. The van der Waals surface area contributed by atoms with Crippen molar-refractivity contribution in [2.24, 2.45) is 11.7 Å². The molecule has 4 heteroatoms. The van der Waals surface area contributed by atoms with Crippen molar-refractivity contribution < 1.29 is 4.79 Å². The van der Waals surface area contributed by atoms with Gasteiger partial charge >= 0.3 is 0 Å². The highest BCUT2D eigenvalue weighted by Crippen LogP contribution is 2.17. The molecule has 0 fully saturated rings. The molecule has 0 bridgehead atoms. The first kappa shape index (κ1) is 14.5. The Bertz CT molecular complexity index is 416. The Morgan fingerprint density at radius 3 is 2.50 bits per heavy atom. The topological polar surface area (TPSA) is 72.3 Å². The summed E-state index contributed by atoms with van der Waals surface area (Å²) in [5.74, 6) is 0.179. The van der Waals surface area contributed by atoms with Crippen LogP contribution in [0.3, 0.4) is 0 Å². The number of amides is 1. The fourth-order valence-electron chi connectivity index (χ4n) is 1.95. The zero-order chi connectivity index (χ0) is 13.7. The van der Waals surface area contributed by atoms with Gasteiger partial charge in [0.05, 0.1) is 0 Å². The lowest BCUT2D eigenvalue weighted by Gasteiger charge is -2.23. The van der Waals surface area contributed by atoms with Crippen LogP contribution in [0, 0.1) is 5.92 Å². The summed E-state index contributed by atoms with van der Waals surface area (Å²) in [7, 11) is 0. The Balaban J connectivity index is 2.80. The molecule has 1 aromatic carbocycles. The number of nitrogens with zero attached hydrogens (tertiary/aromatic N) is 1. The summed E-state index contributed by atoms with van der Waals surface area (Å²) >= 11 is 0. The molecule has 18 heavy (non-hydrogen) atoms. The molecular weight excluding hydrogens is 226 g/mol. The van der Waals surface area contributed by atoms with Crippen LogP contribution >= 0.6 is 0 Å². The van der Waals surface area contributed by atoms with E-state index in [9.17, 15) is 4.79 Å². The number of primary amides is 1. The van der Waals surface area contributed by atoms with Gasteiger partial charge in [0, 0.05) is 24.3 Å². The maximum atomic E-state index is 11.0. The summed E-state index contributed by atoms with van der Waals surface area (Å²) < 4.78 is 0. The Morgan fingerprint density at radius 2 is 2.06 bits per heavy atom. The smallest absolute Gasteiger partial charge is 0.248 e. The fraction of sp³-hybridized carbons (Fsp3) is 0.500. The van der Waals surface area contributed by atoms with Crippen LogP contribution in [0.15, 0.2) is 18.2 Å². The van der Waals surface area contributed by atoms with Gasteiger partial charge in [-0.15, -0.1) is 0 Å². The van der Waals surface area contributed by atoms with E-state index in [1.54, 1.807) is 12.1 Å². The molecular formula is C14H23N3O. The molecule has 0 saturated carbocycles. The Labute approximate surface area is 109 Å². The molecule has 1 rings (SSSR count). The first-order chi connectivity index (χ1) is 8.43. The normalized spacial score (nSPS) is 11.2. The lowest BCUT2D eigenvalue weighted by Crippen LogP contribution is -2.27. The maximum absolute atomic E-state index is 11.0. The van der Waals surface area contributed by atoms with E-state index in [2.05, 4.69) is 25.7 Å². The van der Waals surface area contributed by atoms with Crippen LogP contribution in [-0.2, 0) is 6.54 Å². The van der Waals surface area contributed by atoms with Crippen molar-refractivity contribution in [3.05, 3.63) is 29.3 Å². The van der Waals surface area contributed by atoms with Gasteiger partial charge in [-0.1, -0.05) is 26.8 Å². The van der Waals surface area contributed by atoms with E-state index in [4.69, 9.17) is 11.5 Å². The van der Waals surface area contributed by atoms with Gasteiger partial charge in [0.2, 0.25) is 5.91 Å². The van der Waals surface area contributed by atoms with Crippen LogP contribution in [-0.4, -0.2) is 23.9 Å². The number of benzene rings is 1. The van der Waals surface area contributed by atoms with Gasteiger partial charge < -0.3 is 11.5 Å². The van der Waals surface area contributed by atoms with Crippen LogP contribution in [0.1, 0.15) is 36.7 Å². The molecule has 0 unspecified atom stereocenters. The Kier molecular flexibility index (Phi) is 5.16. The first-order valence-electron chi connectivity index (χ1n) is 6.34. The fourth-order valence-corrected chi connectivity index (χ4v) is 1.95. The van der Waals surface area contributed by atoms with Crippen molar-refractivity contribution in [3.63, 3.8) is 0 Å². The van der Waals surface area contributed by atoms with Crippen molar-refractivity contribution in [1.82, 2.24) is 4.90 Å². The number of carbonyl (C=O) groups excluding carboxylic acids is 1. The number of hydrogen-bond donors (Lipinski definition) is 2. The second-order valence-corrected chi connectivity index (χ2v) is 5.00. The average molecular weight is 249 g/mol. The molecule has 100 valence electrons. The number of hydrogen-bond acceptors (Lipinski definition) is 3. The molecule has 0 heterocycles. The molecule has 1 aromatic rings. The van der Waals surface area contributed by atoms with Gasteiger partial charge in [0.25, 0.3) is 0 Å². The SMILES string of the molecule is CCN(Cc1ccc(C(N)=O)cc1N)CC(C)C. The molecule has 0 aromatic heterocycles. The van der Waals surface area contributed by atoms with Crippen molar-refractivity contribution in [2.45, 2.75) is 27.3 Å². The van der Waals surface area contributed by atoms with Crippen LogP contribution in [0.2, 0.25) is 0 Å². The van der Waals surface area contributed by atoms with E-state index in [1.165, 1.54) is 0 Å². The summed E-state index contributed by atoms with van der Waals surface area (Å²) in [4.78, 5) is 13.4. The highest BCUT2D eigenvalue weighted by Gasteiger charge is 2.10. The van der Waals surface area contributed by atoms with Crippen LogP contribution in [0.5, 0.6) is 0 Å². The molecule has 0 atom stereocenters. The molecule has 4 N–H and O–H groups in total. The third-order valence-corrected chi connectivity index (χ3v) is 2.89. The maximum Gasteiger partial charge on any atom is 0.248 e. The van der Waals surface area contributed by atoms with Crippen LogP contribution in [0.25, 0.3) is 0 Å². The third-order valence-electron chi connectivity index (χ3n) is 2.89. The Morgan fingerprint density at radius 1 is 1.39 bits per heavy atom. The summed E-state index contributed by atoms with van der Waals surface area (Å²) in [5, 5.41) is 0. The number of nitrogen functional groups attached to an aromatic ring is 1. The second-order valence-electron chi connectivity index (χ2n) is 5.00. The second kappa shape index (κ2) is 6.40. The number of rotatable bonds is 6. The molecule has 4 nitrogen and oxygen atoms in total. The van der Waals surface area contributed by atoms with Gasteiger partial charge in [-0.05, 0) is 30.2 Å². The molecule has 0 spiro atoms. The van der Waals surface area contributed by atoms with Gasteiger partial charge in [-0.25, -0.2) is 0 Å². The van der Waals surface area contributed by atoms with E-state index in [1.807, 2.05) is 6.07 Å². The predicted octanol–water partition coefficient (Wildman–Crippen LogP) is 1.85. The van der Waals surface area contributed by atoms with E-state index in [0.29, 0.717) is 17.2 Å². The zero-order valence-electron chi connectivity index (χ0n) is 11.4. The lowest BCUT2D eigenvalue weighted by atomic mass is 10.1. The van der Waals surface area contributed by atoms with Gasteiger partial charge in [0.1, 0.15) is 0 Å². The molecule has 0 radical (unpaired) electrons. The predicted molar refractivity (Wildman–Crippen MR) is 75.2 cm³/mol. The van der Waals surface area contributed by atoms with Crippen molar-refractivity contribution in [3.8, 4) is 0 Å². The minimum absolute atomic E-state index is 0.442. The number of nitrogens with two attached hydrogens (primary N) is 2. The largest absolute Gasteiger partial charge is 0.398 e. The molecule has 0 saturated heterocycles. The van der Waals surface area contributed by atoms with Crippen LogP contribution < -0.4 is 11.5 Å².